The zero-order valence-corrected chi connectivity index (χ0v) is 14.3. The third-order valence-corrected chi connectivity index (χ3v) is 3.91. The summed E-state index contributed by atoms with van der Waals surface area (Å²) in [6, 6.07) is 5.18. The molecule has 0 bridgehead atoms. The van der Waals surface area contributed by atoms with E-state index < -0.39 is 5.60 Å². The molecule has 0 aliphatic carbocycles. The van der Waals surface area contributed by atoms with Gasteiger partial charge < -0.3 is 14.4 Å². The molecule has 1 aliphatic rings. The first-order chi connectivity index (χ1) is 10.9. The van der Waals surface area contributed by atoms with E-state index in [1.54, 1.807) is 24.1 Å². The summed E-state index contributed by atoms with van der Waals surface area (Å²) < 4.78 is 10.8. The topological polar surface area (TPSA) is 55.8 Å². The molecule has 0 aromatic heterocycles. The van der Waals surface area contributed by atoms with Crippen molar-refractivity contribution in [3.05, 3.63) is 29.3 Å². The zero-order chi connectivity index (χ0) is 17.0. The second-order valence-electron chi connectivity index (χ2n) is 6.80. The number of carbonyl (C=O) groups excluding carboxylic acids is 2. The number of methoxy groups -OCH3 is 1. The lowest BCUT2D eigenvalue weighted by molar-refractivity contribution is 0.00939. The van der Waals surface area contributed by atoms with Gasteiger partial charge in [0.15, 0.2) is 0 Å². The summed E-state index contributed by atoms with van der Waals surface area (Å²) in [6.07, 6.45) is 3.27. The van der Waals surface area contributed by atoms with Crippen LogP contribution in [0.25, 0.3) is 0 Å². The molecule has 0 spiro atoms. The van der Waals surface area contributed by atoms with Gasteiger partial charge in [-0.15, -0.1) is 0 Å². The first kappa shape index (κ1) is 17.3. The summed E-state index contributed by atoms with van der Waals surface area (Å²) in [5.41, 5.74) is 0.872. The minimum Gasteiger partial charge on any atom is -0.497 e. The van der Waals surface area contributed by atoms with Crippen LogP contribution in [0.15, 0.2) is 18.2 Å². The molecule has 1 saturated heterocycles. The molecule has 0 N–H and O–H groups in total. The number of amides is 1. The van der Waals surface area contributed by atoms with Crippen molar-refractivity contribution >= 4 is 12.4 Å². The highest BCUT2D eigenvalue weighted by Crippen LogP contribution is 2.35. The van der Waals surface area contributed by atoms with Gasteiger partial charge in [-0.05, 0) is 63.8 Å². The Hall–Kier alpha value is -2.04. The molecule has 1 heterocycles. The highest BCUT2D eigenvalue weighted by Gasteiger charge is 2.32. The van der Waals surface area contributed by atoms with Crippen LogP contribution in [0.1, 0.15) is 62.0 Å². The Labute approximate surface area is 137 Å². The lowest BCUT2D eigenvalue weighted by Gasteiger charge is -2.37. The summed E-state index contributed by atoms with van der Waals surface area (Å²) in [5, 5.41) is 0. The Morgan fingerprint density at radius 2 is 2.04 bits per heavy atom. The van der Waals surface area contributed by atoms with E-state index in [9.17, 15) is 9.59 Å². The molecule has 1 aromatic rings. The van der Waals surface area contributed by atoms with Gasteiger partial charge in [0.2, 0.25) is 0 Å². The summed E-state index contributed by atoms with van der Waals surface area (Å²) >= 11 is 0. The normalized spacial score (nSPS) is 18.4. The number of nitrogens with zero attached hydrogens (tertiary/aromatic N) is 1. The Balaban J connectivity index is 2.34. The van der Waals surface area contributed by atoms with E-state index in [1.807, 2.05) is 26.8 Å². The third kappa shape index (κ3) is 4.24. The van der Waals surface area contributed by atoms with E-state index in [-0.39, 0.29) is 12.1 Å². The van der Waals surface area contributed by atoms with Crippen molar-refractivity contribution in [2.24, 2.45) is 0 Å². The fourth-order valence-electron chi connectivity index (χ4n) is 2.87. The van der Waals surface area contributed by atoms with Crippen molar-refractivity contribution in [1.29, 1.82) is 0 Å². The molecule has 5 heteroatoms. The predicted molar refractivity (Wildman–Crippen MR) is 87.9 cm³/mol. The molecule has 1 fully saturated rings. The number of likely N-dealkylation sites (tertiary alicyclic amines) is 1. The highest BCUT2D eigenvalue weighted by atomic mass is 16.6. The second kappa shape index (κ2) is 7.02. The smallest absolute Gasteiger partial charge is 0.410 e. The SMILES string of the molecule is COc1ccc(C=O)c(C2CCCCN2C(=O)OC(C)(C)C)c1. The lowest BCUT2D eigenvalue weighted by Crippen LogP contribution is -2.42. The Morgan fingerprint density at radius 1 is 1.30 bits per heavy atom. The van der Waals surface area contributed by atoms with Crippen LogP contribution in [0.4, 0.5) is 4.79 Å². The fraction of sp³-hybridized carbons (Fsp3) is 0.556. The van der Waals surface area contributed by atoms with E-state index in [1.165, 1.54) is 0 Å². The van der Waals surface area contributed by atoms with Crippen LogP contribution in [0, 0.1) is 0 Å². The number of carbonyl (C=O) groups is 2. The van der Waals surface area contributed by atoms with Crippen LogP contribution in [-0.4, -0.2) is 36.5 Å². The van der Waals surface area contributed by atoms with Crippen molar-refractivity contribution in [2.75, 3.05) is 13.7 Å². The molecule has 1 aliphatic heterocycles. The largest absolute Gasteiger partial charge is 0.497 e. The molecular weight excluding hydrogens is 294 g/mol. The van der Waals surface area contributed by atoms with Gasteiger partial charge in [-0.2, -0.15) is 0 Å². The maximum atomic E-state index is 12.5. The number of hydrogen-bond acceptors (Lipinski definition) is 4. The number of rotatable bonds is 3. The highest BCUT2D eigenvalue weighted by molar-refractivity contribution is 5.79. The van der Waals surface area contributed by atoms with Gasteiger partial charge in [-0.1, -0.05) is 0 Å². The Kier molecular flexibility index (Phi) is 5.29. The molecular formula is C18H25NO4. The maximum Gasteiger partial charge on any atom is 0.410 e. The van der Waals surface area contributed by atoms with Gasteiger partial charge in [0.25, 0.3) is 0 Å². The van der Waals surface area contributed by atoms with Crippen LogP contribution in [0.2, 0.25) is 0 Å². The van der Waals surface area contributed by atoms with Crippen molar-refractivity contribution in [3.8, 4) is 5.75 Å². The van der Waals surface area contributed by atoms with E-state index in [4.69, 9.17) is 9.47 Å². The van der Waals surface area contributed by atoms with E-state index in [2.05, 4.69) is 0 Å². The zero-order valence-electron chi connectivity index (χ0n) is 14.3. The van der Waals surface area contributed by atoms with Crippen LogP contribution in [-0.2, 0) is 4.74 Å². The molecule has 5 nitrogen and oxygen atoms in total. The van der Waals surface area contributed by atoms with E-state index in [0.717, 1.165) is 31.1 Å². The van der Waals surface area contributed by atoms with Crippen molar-refractivity contribution in [1.82, 2.24) is 4.90 Å². The lowest BCUT2D eigenvalue weighted by atomic mass is 9.92. The molecule has 0 saturated carbocycles. The number of aldehydes is 1. The molecule has 1 aromatic carbocycles. The quantitative estimate of drug-likeness (QED) is 0.791. The van der Waals surface area contributed by atoms with Crippen LogP contribution >= 0.6 is 0 Å². The molecule has 126 valence electrons. The molecule has 0 radical (unpaired) electrons. The minimum atomic E-state index is -0.541. The monoisotopic (exact) mass is 319 g/mol. The van der Waals surface area contributed by atoms with Gasteiger partial charge in [-0.25, -0.2) is 4.79 Å². The average Bonchev–Trinajstić information content (AvgIpc) is 2.52. The minimum absolute atomic E-state index is 0.158. The van der Waals surface area contributed by atoms with E-state index in [0.29, 0.717) is 17.9 Å². The molecule has 2 rings (SSSR count). The summed E-state index contributed by atoms with van der Waals surface area (Å²) in [4.78, 5) is 25.7. The van der Waals surface area contributed by atoms with E-state index >= 15 is 0 Å². The Morgan fingerprint density at radius 3 is 2.65 bits per heavy atom. The van der Waals surface area contributed by atoms with Crippen molar-refractivity contribution < 1.29 is 19.1 Å². The summed E-state index contributed by atoms with van der Waals surface area (Å²) in [6.45, 7) is 6.19. The summed E-state index contributed by atoms with van der Waals surface area (Å²) in [7, 11) is 1.59. The van der Waals surface area contributed by atoms with Crippen LogP contribution in [0.5, 0.6) is 5.75 Å². The number of piperidine rings is 1. The third-order valence-electron chi connectivity index (χ3n) is 3.91. The summed E-state index contributed by atoms with van der Waals surface area (Å²) in [5.74, 6) is 0.681. The van der Waals surface area contributed by atoms with Gasteiger partial charge in [0.1, 0.15) is 17.6 Å². The number of ether oxygens (including phenoxy) is 2. The van der Waals surface area contributed by atoms with Gasteiger partial charge in [-0.3, -0.25) is 4.79 Å². The fourth-order valence-corrected chi connectivity index (χ4v) is 2.87. The number of hydrogen-bond donors (Lipinski definition) is 0. The first-order valence-corrected chi connectivity index (χ1v) is 7.98. The molecule has 1 unspecified atom stereocenters. The van der Waals surface area contributed by atoms with Crippen molar-refractivity contribution in [2.45, 2.75) is 51.7 Å². The van der Waals surface area contributed by atoms with Crippen molar-refractivity contribution in [3.63, 3.8) is 0 Å². The van der Waals surface area contributed by atoms with Gasteiger partial charge >= 0.3 is 6.09 Å². The Bertz CT molecular complexity index is 577. The maximum absolute atomic E-state index is 12.5. The average molecular weight is 319 g/mol. The molecule has 1 amide bonds. The molecule has 1 atom stereocenters. The predicted octanol–water partition coefficient (Wildman–Crippen LogP) is 3.97. The standard InChI is InChI=1S/C18H25NO4/c1-18(2,3)23-17(21)19-10-6-5-7-16(19)15-11-14(22-4)9-8-13(15)12-20/h8-9,11-12,16H,5-7,10H2,1-4H3. The van der Waals surface area contributed by atoms with Crippen LogP contribution < -0.4 is 4.74 Å². The van der Waals surface area contributed by atoms with Crippen LogP contribution in [0.3, 0.4) is 0 Å². The second-order valence-corrected chi connectivity index (χ2v) is 6.80. The number of benzene rings is 1. The van der Waals surface area contributed by atoms with Gasteiger partial charge in [0.05, 0.1) is 13.2 Å². The van der Waals surface area contributed by atoms with Gasteiger partial charge in [0, 0.05) is 12.1 Å². The first-order valence-electron chi connectivity index (χ1n) is 7.98. The molecule has 23 heavy (non-hydrogen) atoms.